The molecule has 3 aromatic rings. The molecule has 32 heavy (non-hydrogen) atoms. The molecule has 0 bridgehead atoms. The third kappa shape index (κ3) is 5.11. The molecule has 0 spiro atoms. The fourth-order valence-corrected chi connectivity index (χ4v) is 3.91. The summed E-state index contributed by atoms with van der Waals surface area (Å²) in [5.74, 6) is -0.585. The second kappa shape index (κ2) is 10.3. The molecule has 2 aromatic heterocycles. The van der Waals surface area contributed by atoms with Crippen LogP contribution in [0.15, 0.2) is 47.0 Å². The van der Waals surface area contributed by atoms with Gasteiger partial charge in [-0.25, -0.2) is 4.98 Å². The summed E-state index contributed by atoms with van der Waals surface area (Å²) in [6.45, 7) is 0. The van der Waals surface area contributed by atoms with E-state index >= 15 is 0 Å². The molecule has 10 heteroatoms. The number of carbonyl (C=O) groups excluding carboxylic acids is 3. The molecule has 3 N–H and O–H groups in total. The number of hydrogen-bond donors (Lipinski definition) is 3. The number of aromatic nitrogens is 1. The van der Waals surface area contributed by atoms with Gasteiger partial charge in [0.05, 0.1) is 5.02 Å². The first kappa shape index (κ1) is 23.3. The molecule has 4 rings (SSSR count). The van der Waals surface area contributed by atoms with Crippen molar-refractivity contribution < 1.29 is 18.8 Å². The van der Waals surface area contributed by atoms with E-state index in [9.17, 15) is 14.4 Å². The van der Waals surface area contributed by atoms with E-state index in [1.807, 2.05) is 6.07 Å². The highest BCUT2D eigenvalue weighted by Gasteiger charge is 2.29. The van der Waals surface area contributed by atoms with Crippen molar-refractivity contribution in [2.75, 3.05) is 10.6 Å². The fraction of sp³-hybridized carbons (Fsp3) is 0.273. The van der Waals surface area contributed by atoms with Crippen molar-refractivity contribution in [2.24, 2.45) is 5.92 Å². The average molecular weight is 452 g/mol. The number of halogens is 1. The molecule has 0 aliphatic heterocycles. The number of anilines is 2. The molecule has 1 aliphatic carbocycles. The molecule has 3 radical (unpaired) electrons. The lowest BCUT2D eigenvalue weighted by Gasteiger charge is -2.27. The van der Waals surface area contributed by atoms with E-state index in [1.54, 1.807) is 30.3 Å². The molecule has 2 heterocycles. The van der Waals surface area contributed by atoms with Gasteiger partial charge in [-0.05, 0) is 49.9 Å². The highest BCUT2D eigenvalue weighted by molar-refractivity contribution is 6.30. The van der Waals surface area contributed by atoms with E-state index in [2.05, 4.69) is 20.9 Å². The van der Waals surface area contributed by atoms with Gasteiger partial charge in [-0.15, -0.1) is 0 Å². The highest BCUT2D eigenvalue weighted by Crippen LogP contribution is 2.33. The van der Waals surface area contributed by atoms with E-state index in [-0.39, 0.29) is 32.0 Å². The number of nitrogens with zero attached hydrogens (tertiary/aromatic N) is 1. The number of amides is 3. The Labute approximate surface area is 191 Å². The third-order valence-electron chi connectivity index (χ3n) is 5.42. The lowest BCUT2D eigenvalue weighted by Crippen LogP contribution is -2.35. The van der Waals surface area contributed by atoms with Crippen LogP contribution >= 0.6 is 11.6 Å². The second-order valence-electron chi connectivity index (χ2n) is 7.44. The molecule has 0 unspecified atom stereocenters. The average Bonchev–Trinajstić information content (AvgIpc) is 3.15. The van der Waals surface area contributed by atoms with Crippen molar-refractivity contribution in [1.29, 1.82) is 0 Å². The van der Waals surface area contributed by atoms with Crippen LogP contribution in [0.1, 0.15) is 36.2 Å². The Bertz CT molecular complexity index is 1110. The fourth-order valence-electron chi connectivity index (χ4n) is 3.80. The Morgan fingerprint density at radius 2 is 1.81 bits per heavy atom. The van der Waals surface area contributed by atoms with Crippen LogP contribution in [0.25, 0.3) is 11.0 Å². The molecule has 1 aliphatic rings. The molecule has 8 nitrogen and oxygen atoms in total. The summed E-state index contributed by atoms with van der Waals surface area (Å²) in [5, 5.41) is 9.43. The van der Waals surface area contributed by atoms with Crippen LogP contribution < -0.4 is 16.0 Å². The minimum Gasteiger partial charge on any atom is -0.449 e. The van der Waals surface area contributed by atoms with Crippen LogP contribution in [0.5, 0.6) is 0 Å². The zero-order chi connectivity index (χ0) is 21.8. The van der Waals surface area contributed by atoms with Gasteiger partial charge in [0.25, 0.3) is 5.91 Å². The molecule has 163 valence electrons. The van der Waals surface area contributed by atoms with E-state index in [0.29, 0.717) is 46.7 Å². The minimum atomic E-state index is -0.528. The summed E-state index contributed by atoms with van der Waals surface area (Å²) in [6, 6.07) is 10.4. The van der Waals surface area contributed by atoms with Crippen LogP contribution in [0.2, 0.25) is 5.02 Å². The number of furan rings is 1. The molecule has 0 saturated heterocycles. The Morgan fingerprint density at radius 1 is 1.06 bits per heavy atom. The van der Waals surface area contributed by atoms with Crippen LogP contribution in [0, 0.1) is 5.92 Å². The number of para-hydroxylation sites is 1. The van der Waals surface area contributed by atoms with Crippen molar-refractivity contribution in [2.45, 2.75) is 31.7 Å². The maximum atomic E-state index is 12.9. The monoisotopic (exact) mass is 451 g/mol. The maximum absolute atomic E-state index is 12.9. The van der Waals surface area contributed by atoms with Gasteiger partial charge < -0.3 is 20.4 Å². The Balaban J connectivity index is 0.00000289. The van der Waals surface area contributed by atoms with Crippen molar-refractivity contribution in [1.82, 2.24) is 10.3 Å². The van der Waals surface area contributed by atoms with Gasteiger partial charge in [-0.2, -0.15) is 0 Å². The quantitative estimate of drug-likeness (QED) is 0.391. The van der Waals surface area contributed by atoms with Crippen molar-refractivity contribution in [3.8, 4) is 0 Å². The van der Waals surface area contributed by atoms with Gasteiger partial charge in [0, 0.05) is 32.0 Å². The summed E-state index contributed by atoms with van der Waals surface area (Å²) in [7, 11) is 0. The molecular weight excluding hydrogens is 431 g/mol. The normalized spacial score (nSPS) is 17.8. The first-order chi connectivity index (χ1) is 15.0. The predicted octanol–water partition coefficient (Wildman–Crippen LogP) is 3.60. The van der Waals surface area contributed by atoms with Gasteiger partial charge in [-0.1, -0.05) is 23.7 Å². The van der Waals surface area contributed by atoms with E-state index in [0.717, 1.165) is 12.8 Å². The summed E-state index contributed by atoms with van der Waals surface area (Å²) >= 11 is 5.84. The zero-order valence-corrected chi connectivity index (χ0v) is 17.9. The highest BCUT2D eigenvalue weighted by atomic mass is 35.5. The smallest absolute Gasteiger partial charge is 0.294 e. The van der Waals surface area contributed by atoms with Gasteiger partial charge in [0.1, 0.15) is 17.1 Å². The van der Waals surface area contributed by atoms with Crippen LogP contribution in [0.4, 0.5) is 11.5 Å². The van der Waals surface area contributed by atoms with Gasteiger partial charge in [0.2, 0.25) is 18.1 Å². The summed E-state index contributed by atoms with van der Waals surface area (Å²) < 4.78 is 5.76. The number of fused-ring (bicyclic) bond motifs is 1. The summed E-state index contributed by atoms with van der Waals surface area (Å²) in [4.78, 5) is 40.5. The van der Waals surface area contributed by atoms with Crippen molar-refractivity contribution in [3.63, 3.8) is 0 Å². The third-order valence-corrected chi connectivity index (χ3v) is 5.64. The lowest BCUT2D eigenvalue weighted by molar-refractivity contribution is -0.120. The molecule has 0 atom stereocenters. The zero-order valence-electron chi connectivity index (χ0n) is 17.1. The lowest BCUT2D eigenvalue weighted by atomic mass is 9.85. The number of rotatable bonds is 6. The standard InChI is InChI=1S/C22H21ClN4O4.B/c23-14-7-10-18(24-11-14)26-22(30)20-19(16-3-1-2-4-17(16)31-20)27-21(29)13-5-8-15(9-6-13)25-12-28;/h1-4,7,10-13,15H,5-6,8-9H2,(H,25,28)(H,27,29)(H,24,26,30);. The number of benzene rings is 1. The molecule has 1 aromatic carbocycles. The van der Waals surface area contributed by atoms with Crippen molar-refractivity contribution >= 4 is 60.7 Å². The Hall–Kier alpha value is -3.33. The van der Waals surface area contributed by atoms with Crippen LogP contribution in [-0.2, 0) is 9.59 Å². The number of nitrogens with one attached hydrogen (secondary N) is 3. The van der Waals surface area contributed by atoms with Crippen LogP contribution in [-0.4, -0.2) is 37.7 Å². The summed E-state index contributed by atoms with van der Waals surface area (Å²) in [5.41, 5.74) is 0.825. The number of carbonyl (C=O) groups is 3. The number of hydrogen-bond acceptors (Lipinski definition) is 5. The van der Waals surface area contributed by atoms with Crippen molar-refractivity contribution in [3.05, 3.63) is 53.4 Å². The first-order valence-electron chi connectivity index (χ1n) is 10.00. The number of pyridine rings is 1. The maximum Gasteiger partial charge on any atom is 0.294 e. The first-order valence-corrected chi connectivity index (χ1v) is 10.4. The van der Waals surface area contributed by atoms with Gasteiger partial charge in [-0.3, -0.25) is 14.4 Å². The SMILES string of the molecule is O=CNC1CCC(C(=O)Nc2c(C(=O)Nc3ccc(Cl)cn3)oc3ccccc23)CC1.[B]. The van der Waals surface area contributed by atoms with Crippen LogP contribution in [0.3, 0.4) is 0 Å². The second-order valence-corrected chi connectivity index (χ2v) is 7.88. The molecule has 1 fully saturated rings. The largest absolute Gasteiger partial charge is 0.449 e. The Morgan fingerprint density at radius 3 is 2.50 bits per heavy atom. The molecular formula is C22H21BClN4O4. The minimum absolute atomic E-state index is 0. The Kier molecular flexibility index (Phi) is 7.53. The van der Waals surface area contributed by atoms with E-state index in [1.165, 1.54) is 6.20 Å². The van der Waals surface area contributed by atoms with E-state index < -0.39 is 5.91 Å². The summed E-state index contributed by atoms with van der Waals surface area (Å²) in [6.07, 6.45) is 4.90. The predicted molar refractivity (Wildman–Crippen MR) is 123 cm³/mol. The topological polar surface area (TPSA) is 113 Å². The van der Waals surface area contributed by atoms with Gasteiger partial charge >= 0.3 is 0 Å². The molecule has 1 saturated carbocycles. The van der Waals surface area contributed by atoms with E-state index in [4.69, 9.17) is 16.0 Å². The van der Waals surface area contributed by atoms with Gasteiger partial charge in [0.15, 0.2) is 0 Å². The molecule has 3 amide bonds.